The number of nitrogens with zero attached hydrogens (tertiary/aromatic N) is 1. The number of aromatic nitrogens is 1. The molecule has 0 saturated carbocycles. The summed E-state index contributed by atoms with van der Waals surface area (Å²) in [4.78, 5) is 11.9. The maximum absolute atomic E-state index is 14.3. The van der Waals surface area contributed by atoms with Gasteiger partial charge in [0.1, 0.15) is 5.82 Å². The molecule has 2 N–H and O–H groups in total. The van der Waals surface area contributed by atoms with Crippen molar-refractivity contribution in [3.8, 4) is 0 Å². The molecule has 0 bridgehead atoms. The van der Waals surface area contributed by atoms with Crippen molar-refractivity contribution >= 4 is 50.9 Å². The SMILES string of the molecule is NC(=O)c1cccc2c1c1[c]ccc(Cl)c1n2Cc1c(F)cccc1Cl. The molecular weight excluding hydrogens is 374 g/mol. The van der Waals surface area contributed by atoms with Gasteiger partial charge in [0.2, 0.25) is 5.91 Å². The fraction of sp³-hybridized carbons (Fsp3) is 0.0500. The van der Waals surface area contributed by atoms with E-state index in [0.29, 0.717) is 43.0 Å². The molecule has 0 fully saturated rings. The summed E-state index contributed by atoms with van der Waals surface area (Å²) < 4.78 is 16.2. The van der Waals surface area contributed by atoms with E-state index in [-0.39, 0.29) is 6.54 Å². The van der Waals surface area contributed by atoms with Crippen molar-refractivity contribution in [3.05, 3.63) is 81.6 Å². The number of halogens is 3. The van der Waals surface area contributed by atoms with E-state index >= 15 is 0 Å². The molecule has 0 aliphatic heterocycles. The van der Waals surface area contributed by atoms with Gasteiger partial charge in [0.15, 0.2) is 0 Å². The van der Waals surface area contributed by atoms with E-state index in [1.165, 1.54) is 6.07 Å². The van der Waals surface area contributed by atoms with Gasteiger partial charge in [0.25, 0.3) is 0 Å². The van der Waals surface area contributed by atoms with Gasteiger partial charge in [-0.1, -0.05) is 41.4 Å². The van der Waals surface area contributed by atoms with E-state index in [2.05, 4.69) is 6.07 Å². The first kappa shape index (κ1) is 16.9. The second kappa shape index (κ2) is 6.31. The summed E-state index contributed by atoms with van der Waals surface area (Å²) in [5.41, 5.74) is 7.61. The van der Waals surface area contributed by atoms with Crippen molar-refractivity contribution < 1.29 is 9.18 Å². The zero-order valence-electron chi connectivity index (χ0n) is 13.4. The van der Waals surface area contributed by atoms with Gasteiger partial charge in [-0.2, -0.15) is 0 Å². The molecule has 129 valence electrons. The molecule has 1 aromatic heterocycles. The van der Waals surface area contributed by atoms with Gasteiger partial charge >= 0.3 is 0 Å². The van der Waals surface area contributed by atoms with Gasteiger partial charge in [-0.15, -0.1) is 0 Å². The van der Waals surface area contributed by atoms with E-state index in [1.54, 1.807) is 36.4 Å². The second-order valence-corrected chi connectivity index (χ2v) is 6.71. The van der Waals surface area contributed by atoms with Crippen molar-refractivity contribution in [1.29, 1.82) is 0 Å². The third kappa shape index (κ3) is 2.54. The number of hydrogen-bond acceptors (Lipinski definition) is 1. The van der Waals surface area contributed by atoms with Gasteiger partial charge in [0.05, 0.1) is 22.6 Å². The predicted molar refractivity (Wildman–Crippen MR) is 102 cm³/mol. The average Bonchev–Trinajstić information content (AvgIpc) is 2.93. The molecule has 0 spiro atoms. The first-order valence-corrected chi connectivity index (χ1v) is 8.58. The quantitative estimate of drug-likeness (QED) is 0.518. The van der Waals surface area contributed by atoms with Crippen LogP contribution in [0.5, 0.6) is 0 Å². The number of fused-ring (bicyclic) bond motifs is 3. The van der Waals surface area contributed by atoms with Crippen LogP contribution in [0.15, 0.2) is 48.5 Å². The van der Waals surface area contributed by atoms with E-state index in [9.17, 15) is 9.18 Å². The Morgan fingerprint density at radius 3 is 2.62 bits per heavy atom. The lowest BCUT2D eigenvalue weighted by molar-refractivity contribution is 0.100. The number of amides is 1. The second-order valence-electron chi connectivity index (χ2n) is 5.90. The first-order valence-electron chi connectivity index (χ1n) is 7.83. The maximum atomic E-state index is 14.3. The summed E-state index contributed by atoms with van der Waals surface area (Å²) in [6.07, 6.45) is 0. The normalized spacial score (nSPS) is 11.3. The third-order valence-corrected chi connectivity index (χ3v) is 5.08. The summed E-state index contributed by atoms with van der Waals surface area (Å²) in [5.74, 6) is -0.957. The molecule has 4 rings (SSSR count). The van der Waals surface area contributed by atoms with Gasteiger partial charge in [0, 0.05) is 26.9 Å². The number of carbonyl (C=O) groups is 1. The number of primary amides is 1. The van der Waals surface area contributed by atoms with Crippen molar-refractivity contribution in [2.24, 2.45) is 5.73 Å². The summed E-state index contributed by atoms with van der Waals surface area (Å²) >= 11 is 12.6. The van der Waals surface area contributed by atoms with E-state index in [1.807, 2.05) is 10.6 Å². The molecular formula is C20H12Cl2FN2O. The Kier molecular flexibility index (Phi) is 4.10. The summed E-state index contributed by atoms with van der Waals surface area (Å²) in [6.45, 7) is 0.158. The van der Waals surface area contributed by atoms with Crippen LogP contribution in [0.4, 0.5) is 4.39 Å². The fourth-order valence-electron chi connectivity index (χ4n) is 3.28. The van der Waals surface area contributed by atoms with Gasteiger partial charge in [-0.3, -0.25) is 4.79 Å². The molecule has 0 aliphatic carbocycles. The standard InChI is InChI=1S/C20H12Cl2FN2O/c21-14-6-3-8-16(23)13(14)10-25-17-9-2-5-12(20(24)26)18(17)11-4-1-7-15(22)19(11)25/h1-3,5-9H,10H2,(H2,24,26). The van der Waals surface area contributed by atoms with Crippen LogP contribution >= 0.6 is 23.2 Å². The van der Waals surface area contributed by atoms with Crippen LogP contribution < -0.4 is 5.73 Å². The van der Waals surface area contributed by atoms with Crippen molar-refractivity contribution in [3.63, 3.8) is 0 Å². The van der Waals surface area contributed by atoms with Crippen LogP contribution in [0.3, 0.4) is 0 Å². The van der Waals surface area contributed by atoms with Crippen LogP contribution in [0, 0.1) is 11.9 Å². The third-order valence-electron chi connectivity index (χ3n) is 4.42. The molecule has 1 amide bonds. The maximum Gasteiger partial charge on any atom is 0.249 e. The molecule has 0 unspecified atom stereocenters. The van der Waals surface area contributed by atoms with E-state index < -0.39 is 11.7 Å². The van der Waals surface area contributed by atoms with Crippen molar-refractivity contribution in [2.45, 2.75) is 6.54 Å². The van der Waals surface area contributed by atoms with Gasteiger partial charge in [-0.05, 0) is 36.4 Å². The highest BCUT2D eigenvalue weighted by Crippen LogP contribution is 2.36. The number of nitrogens with two attached hydrogens (primary N) is 1. The Bertz CT molecular complexity index is 1160. The molecule has 3 nitrogen and oxygen atoms in total. The molecule has 6 heteroatoms. The highest BCUT2D eigenvalue weighted by Gasteiger charge is 2.19. The van der Waals surface area contributed by atoms with Crippen LogP contribution in [-0.2, 0) is 6.54 Å². The summed E-state index contributed by atoms with van der Waals surface area (Å²) in [7, 11) is 0. The lowest BCUT2D eigenvalue weighted by atomic mass is 10.1. The Hall–Kier alpha value is -2.56. The summed E-state index contributed by atoms with van der Waals surface area (Å²) in [6, 6.07) is 16.3. The minimum atomic E-state index is -0.549. The Morgan fingerprint density at radius 1 is 1.12 bits per heavy atom. The molecule has 0 saturated heterocycles. The molecule has 3 aromatic carbocycles. The Labute approximate surface area is 158 Å². The van der Waals surface area contributed by atoms with Crippen LogP contribution in [0.1, 0.15) is 15.9 Å². The topological polar surface area (TPSA) is 48.0 Å². The number of rotatable bonds is 3. The van der Waals surface area contributed by atoms with Crippen LogP contribution in [-0.4, -0.2) is 10.5 Å². The summed E-state index contributed by atoms with van der Waals surface area (Å²) in [5, 5.41) is 2.10. The van der Waals surface area contributed by atoms with Crippen LogP contribution in [0.25, 0.3) is 21.8 Å². The largest absolute Gasteiger partial charge is 0.366 e. The monoisotopic (exact) mass is 385 g/mol. The van der Waals surface area contributed by atoms with E-state index in [4.69, 9.17) is 28.9 Å². The Balaban J connectivity index is 2.11. The Morgan fingerprint density at radius 2 is 1.88 bits per heavy atom. The first-order chi connectivity index (χ1) is 12.5. The van der Waals surface area contributed by atoms with Crippen molar-refractivity contribution in [1.82, 2.24) is 4.57 Å². The lowest BCUT2D eigenvalue weighted by Crippen LogP contribution is -2.11. The van der Waals surface area contributed by atoms with Gasteiger partial charge < -0.3 is 10.3 Å². The zero-order chi connectivity index (χ0) is 18.4. The molecule has 0 aliphatic rings. The molecule has 26 heavy (non-hydrogen) atoms. The lowest BCUT2D eigenvalue weighted by Gasteiger charge is -2.11. The van der Waals surface area contributed by atoms with Crippen LogP contribution in [0.2, 0.25) is 10.0 Å². The number of carbonyl (C=O) groups excluding carboxylic acids is 1. The molecule has 0 atom stereocenters. The van der Waals surface area contributed by atoms with Gasteiger partial charge in [-0.25, -0.2) is 4.39 Å². The minimum Gasteiger partial charge on any atom is -0.366 e. The highest BCUT2D eigenvalue weighted by molar-refractivity contribution is 6.37. The molecule has 1 heterocycles. The zero-order valence-corrected chi connectivity index (χ0v) is 14.9. The minimum absolute atomic E-state index is 0.158. The smallest absolute Gasteiger partial charge is 0.249 e. The fourth-order valence-corrected chi connectivity index (χ4v) is 3.76. The van der Waals surface area contributed by atoms with Crippen molar-refractivity contribution in [2.75, 3.05) is 0 Å². The number of benzene rings is 3. The predicted octanol–water partition coefficient (Wildman–Crippen LogP) is 5.19. The van der Waals surface area contributed by atoms with E-state index in [0.717, 1.165) is 0 Å². The molecule has 1 radical (unpaired) electrons. The number of hydrogen-bond donors (Lipinski definition) is 1. The molecule has 4 aromatic rings. The highest BCUT2D eigenvalue weighted by atomic mass is 35.5. The average molecular weight is 386 g/mol.